The van der Waals surface area contributed by atoms with E-state index in [2.05, 4.69) is 47.1 Å². The van der Waals surface area contributed by atoms with Crippen molar-refractivity contribution in [2.24, 2.45) is 0 Å². The maximum Gasteiger partial charge on any atom is 0.137 e. The Morgan fingerprint density at radius 3 is 2.46 bits per heavy atom. The highest BCUT2D eigenvalue weighted by Crippen LogP contribution is 2.26. The number of pyridine rings is 1. The Labute approximate surface area is 158 Å². The van der Waals surface area contributed by atoms with E-state index in [1.165, 1.54) is 11.1 Å². The molecule has 4 rings (SSSR count). The molecule has 0 amide bonds. The first kappa shape index (κ1) is 16.8. The highest BCUT2D eigenvalue weighted by Gasteiger charge is 2.13. The van der Waals surface area contributed by atoms with Crippen molar-refractivity contribution in [2.75, 3.05) is 0 Å². The molecule has 0 spiro atoms. The fourth-order valence-corrected chi connectivity index (χ4v) is 3.24. The van der Waals surface area contributed by atoms with Crippen molar-refractivity contribution in [2.45, 2.75) is 20.0 Å². The van der Waals surface area contributed by atoms with Gasteiger partial charge in [-0.1, -0.05) is 59.6 Å². The number of nitrogens with one attached hydrogen (secondary N) is 1. The van der Waals surface area contributed by atoms with Gasteiger partial charge in [0, 0.05) is 29.9 Å². The number of fused-ring (bicyclic) bond motifs is 1. The van der Waals surface area contributed by atoms with Crippen molar-refractivity contribution in [3.63, 3.8) is 0 Å². The van der Waals surface area contributed by atoms with Gasteiger partial charge in [0.1, 0.15) is 5.65 Å². The van der Waals surface area contributed by atoms with Crippen LogP contribution in [0, 0.1) is 6.92 Å². The molecule has 0 aliphatic heterocycles. The van der Waals surface area contributed by atoms with E-state index in [0.717, 1.165) is 34.2 Å². The van der Waals surface area contributed by atoms with Crippen LogP contribution in [0.1, 0.15) is 16.8 Å². The van der Waals surface area contributed by atoms with Crippen LogP contribution >= 0.6 is 11.6 Å². The second-order valence-electron chi connectivity index (χ2n) is 6.43. The molecule has 3 nitrogen and oxygen atoms in total. The maximum absolute atomic E-state index is 6.06. The van der Waals surface area contributed by atoms with E-state index in [0.29, 0.717) is 6.54 Å². The van der Waals surface area contributed by atoms with E-state index >= 15 is 0 Å². The molecule has 2 heterocycles. The van der Waals surface area contributed by atoms with E-state index in [9.17, 15) is 0 Å². The molecule has 1 N–H and O–H groups in total. The Bertz CT molecular complexity index is 1020. The van der Waals surface area contributed by atoms with Gasteiger partial charge in [-0.2, -0.15) is 0 Å². The number of benzene rings is 2. The third-order valence-electron chi connectivity index (χ3n) is 4.46. The molecule has 0 saturated carbocycles. The first-order valence-corrected chi connectivity index (χ1v) is 9.07. The summed E-state index contributed by atoms with van der Waals surface area (Å²) in [4.78, 5) is 4.82. The summed E-state index contributed by atoms with van der Waals surface area (Å²) in [5.41, 5.74) is 6.75. The minimum Gasteiger partial charge on any atom is -0.307 e. The number of aryl methyl sites for hydroxylation is 1. The van der Waals surface area contributed by atoms with Gasteiger partial charge in [-0.3, -0.25) is 4.40 Å². The second kappa shape index (κ2) is 7.32. The Kier molecular flexibility index (Phi) is 4.74. The zero-order valence-corrected chi connectivity index (χ0v) is 15.4. The molecule has 2 aromatic carbocycles. The van der Waals surface area contributed by atoms with Crippen LogP contribution < -0.4 is 5.32 Å². The van der Waals surface area contributed by atoms with Crippen molar-refractivity contribution in [1.29, 1.82) is 0 Å². The first-order valence-electron chi connectivity index (χ1n) is 8.69. The molecule has 2 aromatic heterocycles. The molecule has 130 valence electrons. The van der Waals surface area contributed by atoms with Gasteiger partial charge in [0.05, 0.1) is 11.4 Å². The molecule has 0 radical (unpaired) electrons. The van der Waals surface area contributed by atoms with E-state index in [1.54, 1.807) is 0 Å². The lowest BCUT2D eigenvalue weighted by molar-refractivity contribution is 0.684. The zero-order valence-electron chi connectivity index (χ0n) is 14.6. The number of hydrogen-bond donors (Lipinski definition) is 1. The lowest BCUT2D eigenvalue weighted by Gasteiger charge is -2.08. The highest BCUT2D eigenvalue weighted by molar-refractivity contribution is 6.30. The van der Waals surface area contributed by atoms with Crippen LogP contribution in [0.2, 0.25) is 5.02 Å². The highest BCUT2D eigenvalue weighted by atomic mass is 35.5. The number of halogens is 1. The Balaban J connectivity index is 1.62. The van der Waals surface area contributed by atoms with Gasteiger partial charge in [-0.15, -0.1) is 0 Å². The maximum atomic E-state index is 6.06. The number of rotatable bonds is 5. The summed E-state index contributed by atoms with van der Waals surface area (Å²) in [6.45, 7) is 3.62. The predicted molar refractivity (Wildman–Crippen MR) is 107 cm³/mol. The van der Waals surface area contributed by atoms with Crippen molar-refractivity contribution in [3.8, 4) is 11.3 Å². The average Bonchev–Trinajstić information content (AvgIpc) is 3.02. The second-order valence-corrected chi connectivity index (χ2v) is 6.87. The fourth-order valence-electron chi connectivity index (χ4n) is 3.11. The van der Waals surface area contributed by atoms with Crippen LogP contribution in [0.15, 0.2) is 72.9 Å². The molecular weight excluding hydrogens is 342 g/mol. The standard InChI is InChI=1S/C22H20ClN3/c1-16-5-7-17(8-6-16)14-24-15-20-22(18-9-11-19(23)12-10-18)26-13-3-2-4-21(26)25-20/h2-13,24H,14-15H2,1H3. The molecule has 4 heteroatoms. The van der Waals surface area contributed by atoms with Gasteiger partial charge in [-0.05, 0) is 36.8 Å². The summed E-state index contributed by atoms with van der Waals surface area (Å²) in [7, 11) is 0. The predicted octanol–water partition coefficient (Wildman–Crippen LogP) is 5.25. The average molecular weight is 362 g/mol. The Morgan fingerprint density at radius 2 is 1.69 bits per heavy atom. The van der Waals surface area contributed by atoms with Crippen molar-refractivity contribution < 1.29 is 0 Å². The van der Waals surface area contributed by atoms with Gasteiger partial charge in [0.2, 0.25) is 0 Å². The topological polar surface area (TPSA) is 29.3 Å². The van der Waals surface area contributed by atoms with Gasteiger partial charge in [-0.25, -0.2) is 4.98 Å². The Morgan fingerprint density at radius 1 is 0.923 bits per heavy atom. The normalized spacial score (nSPS) is 11.2. The lowest BCUT2D eigenvalue weighted by Crippen LogP contribution is -2.13. The summed E-state index contributed by atoms with van der Waals surface area (Å²) in [6, 6.07) is 22.6. The molecule has 0 saturated heterocycles. The van der Waals surface area contributed by atoms with E-state index in [4.69, 9.17) is 16.6 Å². The number of nitrogens with zero attached hydrogens (tertiary/aromatic N) is 2. The molecule has 0 fully saturated rings. The summed E-state index contributed by atoms with van der Waals surface area (Å²) in [5.74, 6) is 0. The van der Waals surface area contributed by atoms with Gasteiger partial charge >= 0.3 is 0 Å². The van der Waals surface area contributed by atoms with Crippen LogP contribution in [0.25, 0.3) is 16.9 Å². The van der Waals surface area contributed by atoms with Crippen LogP contribution in [0.4, 0.5) is 0 Å². The third kappa shape index (κ3) is 3.50. The van der Waals surface area contributed by atoms with Crippen LogP contribution in [-0.2, 0) is 13.1 Å². The Hall–Kier alpha value is -2.62. The van der Waals surface area contributed by atoms with Crippen molar-refractivity contribution in [1.82, 2.24) is 14.7 Å². The van der Waals surface area contributed by atoms with E-state index in [1.807, 2.05) is 42.5 Å². The number of imidazole rings is 1. The third-order valence-corrected chi connectivity index (χ3v) is 4.71. The zero-order chi connectivity index (χ0) is 17.9. The largest absolute Gasteiger partial charge is 0.307 e. The van der Waals surface area contributed by atoms with Crippen LogP contribution in [0.5, 0.6) is 0 Å². The molecule has 0 aliphatic carbocycles. The van der Waals surface area contributed by atoms with Gasteiger partial charge < -0.3 is 5.32 Å². The number of aromatic nitrogens is 2. The number of hydrogen-bond acceptors (Lipinski definition) is 2. The first-order chi connectivity index (χ1) is 12.7. The molecule has 0 bridgehead atoms. The van der Waals surface area contributed by atoms with Crippen LogP contribution in [-0.4, -0.2) is 9.38 Å². The van der Waals surface area contributed by atoms with Gasteiger partial charge in [0.25, 0.3) is 0 Å². The lowest BCUT2D eigenvalue weighted by atomic mass is 10.1. The fraction of sp³-hybridized carbons (Fsp3) is 0.136. The molecule has 0 aliphatic rings. The van der Waals surface area contributed by atoms with Crippen molar-refractivity contribution >= 4 is 17.2 Å². The van der Waals surface area contributed by atoms with E-state index in [-0.39, 0.29) is 0 Å². The van der Waals surface area contributed by atoms with E-state index < -0.39 is 0 Å². The minimum atomic E-state index is 0.702. The molecular formula is C22H20ClN3. The molecule has 4 aromatic rings. The molecule has 26 heavy (non-hydrogen) atoms. The van der Waals surface area contributed by atoms with Crippen LogP contribution in [0.3, 0.4) is 0 Å². The monoisotopic (exact) mass is 361 g/mol. The quantitative estimate of drug-likeness (QED) is 0.525. The molecule has 0 atom stereocenters. The summed E-state index contributed by atoms with van der Waals surface area (Å²) in [6.07, 6.45) is 2.05. The van der Waals surface area contributed by atoms with Gasteiger partial charge in [0.15, 0.2) is 0 Å². The SMILES string of the molecule is Cc1ccc(CNCc2nc3ccccn3c2-c2ccc(Cl)cc2)cc1. The summed E-state index contributed by atoms with van der Waals surface area (Å²) >= 11 is 6.06. The van der Waals surface area contributed by atoms with Crippen molar-refractivity contribution in [3.05, 3.63) is 94.8 Å². The summed E-state index contributed by atoms with van der Waals surface area (Å²) < 4.78 is 2.13. The minimum absolute atomic E-state index is 0.702. The smallest absolute Gasteiger partial charge is 0.137 e. The summed E-state index contributed by atoms with van der Waals surface area (Å²) in [5, 5.41) is 4.26. The molecule has 0 unspecified atom stereocenters.